The summed E-state index contributed by atoms with van der Waals surface area (Å²) in [7, 11) is 2.01. The first-order valence-corrected chi connectivity index (χ1v) is 7.11. The van der Waals surface area contributed by atoms with E-state index >= 15 is 0 Å². The zero-order valence-corrected chi connectivity index (χ0v) is 11.9. The van der Waals surface area contributed by atoms with Crippen LogP contribution in [0.3, 0.4) is 0 Å². The molecule has 0 amide bonds. The Hall–Kier alpha value is -0.870. The standard InChI is InChI=1S/C14H26N4/c1-10-13(11(2)18(3)17-10)14(16-15)12-8-6-4-5-7-9-12/h12,14,16H,4-9,15H2,1-3H3. The largest absolute Gasteiger partial charge is 0.272 e. The van der Waals surface area contributed by atoms with Gasteiger partial charge in [-0.3, -0.25) is 16.0 Å². The molecule has 0 saturated heterocycles. The summed E-state index contributed by atoms with van der Waals surface area (Å²) in [6.07, 6.45) is 7.98. The smallest absolute Gasteiger partial charge is 0.0644 e. The molecule has 1 unspecified atom stereocenters. The molecule has 1 aromatic rings. The predicted octanol–water partition coefficient (Wildman–Crippen LogP) is 2.51. The van der Waals surface area contributed by atoms with Crippen molar-refractivity contribution in [2.75, 3.05) is 0 Å². The molecule has 4 heteroatoms. The molecule has 4 nitrogen and oxygen atoms in total. The average Bonchev–Trinajstić information content (AvgIpc) is 2.58. The third-order valence-corrected chi connectivity index (χ3v) is 4.43. The molecule has 2 rings (SSSR count). The van der Waals surface area contributed by atoms with Crippen molar-refractivity contribution >= 4 is 0 Å². The number of nitrogens with one attached hydrogen (secondary N) is 1. The van der Waals surface area contributed by atoms with E-state index in [-0.39, 0.29) is 6.04 Å². The molecule has 1 heterocycles. The molecule has 0 aromatic carbocycles. The molecule has 1 aromatic heterocycles. The molecule has 1 aliphatic rings. The number of aromatic nitrogens is 2. The first-order valence-electron chi connectivity index (χ1n) is 7.11. The lowest BCUT2D eigenvalue weighted by molar-refractivity contribution is 0.327. The summed E-state index contributed by atoms with van der Waals surface area (Å²) in [6.45, 7) is 4.22. The van der Waals surface area contributed by atoms with Crippen LogP contribution in [0.15, 0.2) is 0 Å². The van der Waals surface area contributed by atoms with Crippen LogP contribution in [0.1, 0.15) is 61.5 Å². The topological polar surface area (TPSA) is 55.9 Å². The molecule has 1 atom stereocenters. The van der Waals surface area contributed by atoms with Crippen molar-refractivity contribution in [1.82, 2.24) is 15.2 Å². The lowest BCUT2D eigenvalue weighted by Crippen LogP contribution is -2.34. The van der Waals surface area contributed by atoms with Crippen molar-refractivity contribution in [3.05, 3.63) is 17.0 Å². The van der Waals surface area contributed by atoms with Gasteiger partial charge in [0.15, 0.2) is 0 Å². The molecule has 0 aliphatic heterocycles. The minimum absolute atomic E-state index is 0.261. The summed E-state index contributed by atoms with van der Waals surface area (Å²) in [6, 6.07) is 0.261. The van der Waals surface area contributed by atoms with Gasteiger partial charge >= 0.3 is 0 Å². The van der Waals surface area contributed by atoms with Gasteiger partial charge in [-0.15, -0.1) is 0 Å². The summed E-state index contributed by atoms with van der Waals surface area (Å²) >= 11 is 0. The first kappa shape index (κ1) is 13.6. The van der Waals surface area contributed by atoms with Crippen LogP contribution < -0.4 is 11.3 Å². The zero-order valence-electron chi connectivity index (χ0n) is 11.9. The normalized spacial score (nSPS) is 19.8. The number of hydrogen-bond acceptors (Lipinski definition) is 3. The molecule has 0 bridgehead atoms. The molecule has 1 aliphatic carbocycles. The lowest BCUT2D eigenvalue weighted by atomic mass is 9.86. The third-order valence-electron chi connectivity index (χ3n) is 4.43. The van der Waals surface area contributed by atoms with Gasteiger partial charge in [0.2, 0.25) is 0 Å². The van der Waals surface area contributed by atoms with Crippen molar-refractivity contribution < 1.29 is 0 Å². The fraction of sp³-hybridized carbons (Fsp3) is 0.786. The highest BCUT2D eigenvalue weighted by Crippen LogP contribution is 2.35. The van der Waals surface area contributed by atoms with Crippen LogP contribution in [-0.4, -0.2) is 9.78 Å². The lowest BCUT2D eigenvalue weighted by Gasteiger charge is -2.26. The van der Waals surface area contributed by atoms with Gasteiger partial charge in [0.1, 0.15) is 0 Å². The van der Waals surface area contributed by atoms with E-state index in [9.17, 15) is 0 Å². The maximum atomic E-state index is 5.85. The summed E-state index contributed by atoms with van der Waals surface area (Å²) in [5.41, 5.74) is 6.72. The van der Waals surface area contributed by atoms with Crippen LogP contribution in [0, 0.1) is 19.8 Å². The summed E-state index contributed by atoms with van der Waals surface area (Å²) < 4.78 is 1.96. The van der Waals surface area contributed by atoms with E-state index in [0.717, 1.165) is 5.69 Å². The van der Waals surface area contributed by atoms with E-state index in [4.69, 9.17) is 5.84 Å². The highest BCUT2D eigenvalue weighted by Gasteiger charge is 2.27. The minimum Gasteiger partial charge on any atom is -0.272 e. The van der Waals surface area contributed by atoms with Crippen LogP contribution in [0.5, 0.6) is 0 Å². The number of hydrogen-bond donors (Lipinski definition) is 2. The molecule has 0 spiro atoms. The Labute approximate surface area is 110 Å². The fourth-order valence-corrected chi connectivity index (χ4v) is 3.34. The highest BCUT2D eigenvalue weighted by atomic mass is 15.3. The van der Waals surface area contributed by atoms with Crippen LogP contribution in [0.2, 0.25) is 0 Å². The van der Waals surface area contributed by atoms with E-state index in [1.54, 1.807) is 0 Å². The molecule has 3 N–H and O–H groups in total. The molecule has 1 fully saturated rings. The first-order chi connectivity index (χ1) is 8.65. The van der Waals surface area contributed by atoms with E-state index in [2.05, 4.69) is 24.4 Å². The molecule has 1 saturated carbocycles. The summed E-state index contributed by atoms with van der Waals surface area (Å²) in [5.74, 6) is 6.50. The second-order valence-electron chi connectivity index (χ2n) is 5.60. The summed E-state index contributed by atoms with van der Waals surface area (Å²) in [5, 5.41) is 4.52. The Morgan fingerprint density at radius 2 is 1.83 bits per heavy atom. The monoisotopic (exact) mass is 250 g/mol. The van der Waals surface area contributed by atoms with Gasteiger partial charge in [-0.2, -0.15) is 5.10 Å². The SMILES string of the molecule is Cc1nn(C)c(C)c1C(NN)C1CCCCCC1. The highest BCUT2D eigenvalue weighted by molar-refractivity contribution is 5.28. The van der Waals surface area contributed by atoms with E-state index in [1.807, 2.05) is 11.7 Å². The number of nitrogens with zero attached hydrogens (tertiary/aromatic N) is 2. The van der Waals surface area contributed by atoms with Crippen molar-refractivity contribution in [2.45, 2.75) is 58.4 Å². The van der Waals surface area contributed by atoms with Crippen molar-refractivity contribution in [3.8, 4) is 0 Å². The Kier molecular flexibility index (Phi) is 4.40. The van der Waals surface area contributed by atoms with Crippen LogP contribution in [0.25, 0.3) is 0 Å². The van der Waals surface area contributed by atoms with E-state index in [0.29, 0.717) is 5.92 Å². The molecular weight excluding hydrogens is 224 g/mol. The molecular formula is C14H26N4. The van der Waals surface area contributed by atoms with Gasteiger partial charge in [-0.1, -0.05) is 25.7 Å². The maximum Gasteiger partial charge on any atom is 0.0644 e. The van der Waals surface area contributed by atoms with Crippen LogP contribution in [-0.2, 0) is 7.05 Å². The second kappa shape index (κ2) is 5.85. The number of nitrogens with two attached hydrogens (primary N) is 1. The minimum atomic E-state index is 0.261. The summed E-state index contributed by atoms with van der Waals surface area (Å²) in [4.78, 5) is 0. The van der Waals surface area contributed by atoms with Crippen molar-refractivity contribution in [3.63, 3.8) is 0 Å². The third kappa shape index (κ3) is 2.59. The predicted molar refractivity (Wildman–Crippen MR) is 73.9 cm³/mol. The van der Waals surface area contributed by atoms with Crippen molar-refractivity contribution in [2.24, 2.45) is 18.8 Å². The number of aryl methyl sites for hydroxylation is 2. The molecule has 0 radical (unpaired) electrons. The Morgan fingerprint density at radius 3 is 2.28 bits per heavy atom. The Balaban J connectivity index is 2.26. The Bertz CT molecular complexity index is 389. The van der Waals surface area contributed by atoms with Gasteiger partial charge in [0, 0.05) is 18.3 Å². The molecule has 102 valence electrons. The molecule has 18 heavy (non-hydrogen) atoms. The average molecular weight is 250 g/mol. The van der Waals surface area contributed by atoms with Gasteiger partial charge in [0.25, 0.3) is 0 Å². The zero-order chi connectivity index (χ0) is 13.1. The second-order valence-corrected chi connectivity index (χ2v) is 5.60. The number of rotatable bonds is 3. The van der Waals surface area contributed by atoms with Gasteiger partial charge in [-0.25, -0.2) is 0 Å². The van der Waals surface area contributed by atoms with Gasteiger partial charge in [-0.05, 0) is 32.6 Å². The van der Waals surface area contributed by atoms with Gasteiger partial charge < -0.3 is 0 Å². The van der Waals surface area contributed by atoms with E-state index < -0.39 is 0 Å². The maximum absolute atomic E-state index is 5.85. The van der Waals surface area contributed by atoms with Crippen LogP contribution in [0.4, 0.5) is 0 Å². The van der Waals surface area contributed by atoms with Gasteiger partial charge in [0.05, 0.1) is 11.7 Å². The number of hydrazine groups is 1. The van der Waals surface area contributed by atoms with Crippen LogP contribution >= 0.6 is 0 Å². The van der Waals surface area contributed by atoms with E-state index in [1.165, 1.54) is 49.8 Å². The quantitative estimate of drug-likeness (QED) is 0.492. The van der Waals surface area contributed by atoms with Crippen molar-refractivity contribution in [1.29, 1.82) is 0 Å². The fourth-order valence-electron chi connectivity index (χ4n) is 3.34. The Morgan fingerprint density at radius 1 is 1.22 bits per heavy atom.